The Labute approximate surface area is 159 Å². The number of ether oxygens (including phenoxy) is 1. The maximum Gasteiger partial charge on any atom is 0.240 e. The lowest BCUT2D eigenvalue weighted by molar-refractivity contribution is 0.158. The van der Waals surface area contributed by atoms with Crippen LogP contribution in [0.4, 0.5) is 0 Å². The lowest BCUT2D eigenvalue weighted by Gasteiger charge is -2.38. The van der Waals surface area contributed by atoms with Crippen molar-refractivity contribution in [1.82, 2.24) is 4.72 Å². The number of epoxide rings is 1. The van der Waals surface area contributed by atoms with Gasteiger partial charge in [0.25, 0.3) is 0 Å². The van der Waals surface area contributed by atoms with Crippen molar-refractivity contribution in [3.63, 3.8) is 0 Å². The molecule has 0 amide bonds. The summed E-state index contributed by atoms with van der Waals surface area (Å²) in [4.78, 5) is 0.276. The van der Waals surface area contributed by atoms with Crippen molar-refractivity contribution in [1.29, 1.82) is 0 Å². The highest BCUT2D eigenvalue weighted by molar-refractivity contribution is 7.89. The minimum atomic E-state index is -3.55. The van der Waals surface area contributed by atoms with Crippen molar-refractivity contribution in [2.24, 2.45) is 0 Å². The molecule has 1 saturated heterocycles. The van der Waals surface area contributed by atoms with E-state index in [0.717, 1.165) is 5.56 Å². The van der Waals surface area contributed by atoms with Gasteiger partial charge >= 0.3 is 0 Å². The van der Waals surface area contributed by atoms with Crippen molar-refractivity contribution in [2.75, 3.05) is 0 Å². The van der Waals surface area contributed by atoms with Gasteiger partial charge < -0.3 is 9.16 Å². The van der Waals surface area contributed by atoms with Crippen LogP contribution in [0.15, 0.2) is 29.2 Å². The number of sulfonamides is 1. The molecule has 5 nitrogen and oxygen atoms in total. The second-order valence-electron chi connectivity index (χ2n) is 8.87. The smallest absolute Gasteiger partial charge is 0.240 e. The first kappa shape index (κ1) is 21.6. The molecule has 1 N–H and O–H groups in total. The fraction of sp³-hybridized carbons (Fsp3) is 0.684. The molecule has 7 heteroatoms. The molecule has 4 atom stereocenters. The number of hydrogen-bond acceptors (Lipinski definition) is 4. The molecule has 0 unspecified atom stereocenters. The first-order valence-corrected chi connectivity index (χ1v) is 13.6. The van der Waals surface area contributed by atoms with Crippen molar-refractivity contribution < 1.29 is 17.6 Å². The van der Waals surface area contributed by atoms with Crippen LogP contribution in [0.5, 0.6) is 0 Å². The van der Waals surface area contributed by atoms with E-state index < -0.39 is 18.3 Å². The van der Waals surface area contributed by atoms with Gasteiger partial charge in [0.2, 0.25) is 10.0 Å². The largest absolute Gasteiger partial charge is 0.411 e. The van der Waals surface area contributed by atoms with E-state index in [2.05, 4.69) is 38.6 Å². The van der Waals surface area contributed by atoms with Crippen LogP contribution in [-0.4, -0.2) is 41.1 Å². The monoisotopic (exact) mass is 399 g/mol. The van der Waals surface area contributed by atoms with Gasteiger partial charge in [0.1, 0.15) is 12.2 Å². The Balaban J connectivity index is 1.96. The molecule has 0 aromatic heterocycles. The number of hydrogen-bond donors (Lipinski definition) is 1. The Morgan fingerprint density at radius 2 is 1.65 bits per heavy atom. The number of benzene rings is 1. The Morgan fingerprint density at radius 1 is 1.12 bits per heavy atom. The normalized spacial score (nSPS) is 23.5. The van der Waals surface area contributed by atoms with E-state index in [1.54, 1.807) is 24.3 Å². The van der Waals surface area contributed by atoms with Crippen LogP contribution in [0.2, 0.25) is 18.1 Å². The molecule has 2 rings (SSSR count). The van der Waals surface area contributed by atoms with Crippen LogP contribution in [0.1, 0.15) is 40.2 Å². The SMILES string of the molecule is Cc1ccc(S(=O)(=O)N[C@H](C)[C@H]2O[C@@H]2[C@H](C)O[Si](C)(C)C(C)(C)C)cc1. The topological polar surface area (TPSA) is 67.9 Å². The lowest BCUT2D eigenvalue weighted by atomic mass is 10.1. The van der Waals surface area contributed by atoms with Crippen LogP contribution in [0, 0.1) is 6.92 Å². The Kier molecular flexibility index (Phi) is 6.10. The van der Waals surface area contributed by atoms with Crippen molar-refractivity contribution in [3.05, 3.63) is 29.8 Å². The lowest BCUT2D eigenvalue weighted by Crippen LogP contribution is -2.45. The predicted molar refractivity (Wildman–Crippen MR) is 107 cm³/mol. The van der Waals surface area contributed by atoms with Crippen molar-refractivity contribution in [3.8, 4) is 0 Å². The predicted octanol–water partition coefficient (Wildman–Crippen LogP) is 3.84. The third-order valence-corrected chi connectivity index (χ3v) is 11.6. The van der Waals surface area contributed by atoms with Gasteiger partial charge in [0.05, 0.1) is 11.0 Å². The maximum atomic E-state index is 12.5. The minimum absolute atomic E-state index is 0.0489. The van der Waals surface area contributed by atoms with Gasteiger partial charge in [-0.05, 0) is 51.0 Å². The second-order valence-corrected chi connectivity index (χ2v) is 15.3. The third kappa shape index (κ3) is 4.95. The van der Waals surface area contributed by atoms with Gasteiger partial charge in [-0.15, -0.1) is 0 Å². The molecule has 1 aromatic carbocycles. The molecular formula is C19H33NO4SSi. The third-order valence-electron chi connectivity index (χ3n) is 5.48. The second kappa shape index (κ2) is 7.35. The molecule has 1 aliphatic rings. The van der Waals surface area contributed by atoms with Crippen LogP contribution >= 0.6 is 0 Å². The highest BCUT2D eigenvalue weighted by Gasteiger charge is 2.50. The first-order valence-electron chi connectivity index (χ1n) is 9.17. The summed E-state index contributed by atoms with van der Waals surface area (Å²) in [6.45, 7) is 16.8. The number of rotatable bonds is 7. The fourth-order valence-corrected chi connectivity index (χ4v) is 5.39. The molecule has 0 bridgehead atoms. The molecule has 26 heavy (non-hydrogen) atoms. The van der Waals surface area contributed by atoms with Crippen LogP contribution in [-0.2, 0) is 19.2 Å². The number of aryl methyl sites for hydroxylation is 1. The van der Waals surface area contributed by atoms with Gasteiger partial charge in [0.15, 0.2) is 8.32 Å². The average Bonchev–Trinajstić information content (AvgIpc) is 3.26. The molecule has 1 aromatic rings. The molecule has 0 aliphatic carbocycles. The molecule has 1 fully saturated rings. The van der Waals surface area contributed by atoms with E-state index in [-0.39, 0.29) is 34.3 Å². The molecule has 0 saturated carbocycles. The Morgan fingerprint density at radius 3 is 2.15 bits per heavy atom. The van der Waals surface area contributed by atoms with Gasteiger partial charge in [-0.3, -0.25) is 0 Å². The van der Waals surface area contributed by atoms with Crippen LogP contribution < -0.4 is 4.72 Å². The summed E-state index contributed by atoms with van der Waals surface area (Å²) in [6.07, 6.45) is -0.276. The van der Waals surface area contributed by atoms with E-state index in [1.807, 2.05) is 20.8 Å². The van der Waals surface area contributed by atoms with Gasteiger partial charge in [-0.25, -0.2) is 13.1 Å². The molecular weight excluding hydrogens is 366 g/mol. The van der Waals surface area contributed by atoms with Crippen molar-refractivity contribution in [2.45, 2.75) is 88.9 Å². The van der Waals surface area contributed by atoms with Gasteiger partial charge in [-0.2, -0.15) is 0 Å². The van der Waals surface area contributed by atoms with E-state index in [9.17, 15) is 8.42 Å². The van der Waals surface area contributed by atoms with E-state index in [1.165, 1.54) is 0 Å². The maximum absolute atomic E-state index is 12.5. The molecule has 0 radical (unpaired) electrons. The zero-order chi connectivity index (χ0) is 19.9. The zero-order valence-electron chi connectivity index (χ0n) is 17.2. The summed E-state index contributed by atoms with van der Waals surface area (Å²) in [5, 5.41) is 0.129. The standard InChI is InChI=1S/C19H33NO4SSi/c1-13-9-11-16(12-10-13)25(21,22)20-14(2)17-18(23-17)15(3)24-26(7,8)19(4,5)6/h9-12,14-15,17-18,20H,1-8H3/t14-,15+,17-,18-/m1/s1. The highest BCUT2D eigenvalue weighted by Crippen LogP contribution is 2.40. The highest BCUT2D eigenvalue weighted by atomic mass is 32.2. The summed E-state index contributed by atoms with van der Waals surface area (Å²) in [7, 11) is -5.43. The summed E-state index contributed by atoms with van der Waals surface area (Å²) < 4.78 is 39.9. The van der Waals surface area contributed by atoms with Crippen LogP contribution in [0.25, 0.3) is 0 Å². The van der Waals surface area contributed by atoms with Gasteiger partial charge in [0, 0.05) is 6.04 Å². The summed E-state index contributed by atoms with van der Waals surface area (Å²) in [5.74, 6) is 0. The number of nitrogens with one attached hydrogen (secondary N) is 1. The first-order chi connectivity index (χ1) is 11.7. The van der Waals surface area contributed by atoms with E-state index in [0.29, 0.717) is 0 Å². The average molecular weight is 400 g/mol. The summed E-state index contributed by atoms with van der Waals surface area (Å²) in [6, 6.07) is 6.53. The van der Waals surface area contributed by atoms with E-state index >= 15 is 0 Å². The molecule has 0 spiro atoms. The summed E-state index contributed by atoms with van der Waals surface area (Å²) >= 11 is 0. The zero-order valence-corrected chi connectivity index (χ0v) is 19.0. The van der Waals surface area contributed by atoms with Gasteiger partial charge in [-0.1, -0.05) is 38.5 Å². The quantitative estimate of drug-likeness (QED) is 0.559. The fourth-order valence-electron chi connectivity index (χ4n) is 2.72. The molecule has 148 valence electrons. The Hall–Kier alpha value is -0.733. The molecule has 1 aliphatic heterocycles. The van der Waals surface area contributed by atoms with Crippen LogP contribution in [0.3, 0.4) is 0 Å². The van der Waals surface area contributed by atoms with E-state index in [4.69, 9.17) is 9.16 Å². The Bertz CT molecular complexity index is 725. The summed E-state index contributed by atoms with van der Waals surface area (Å²) in [5.41, 5.74) is 1.03. The van der Waals surface area contributed by atoms with Crippen molar-refractivity contribution >= 4 is 18.3 Å². The minimum Gasteiger partial charge on any atom is -0.411 e. The molecule has 1 heterocycles.